The van der Waals surface area contributed by atoms with Crippen LogP contribution in [-0.4, -0.2) is 35.6 Å². The molecule has 1 fully saturated rings. The molecule has 1 heterocycles. The average molecular weight is 275 g/mol. The van der Waals surface area contributed by atoms with E-state index in [1.54, 1.807) is 0 Å². The molecule has 0 saturated carbocycles. The number of benzene rings is 1. The predicted octanol–water partition coefficient (Wildman–Crippen LogP) is 3.37. The lowest BCUT2D eigenvalue weighted by molar-refractivity contribution is -0.152. The van der Waals surface area contributed by atoms with Gasteiger partial charge in [-0.3, -0.25) is 4.79 Å². The van der Waals surface area contributed by atoms with Gasteiger partial charge in [-0.2, -0.15) is 0 Å². The standard InChI is InChI=1S/C17H25NO2/c1-3-17(16(19)20)9-11-18(12-10-17)13-14(2)15-7-5-4-6-8-15/h4-8,14H,3,9-13H2,1-2H3,(H,19,20). The third-order valence-electron chi connectivity index (χ3n) is 4.84. The van der Waals surface area contributed by atoms with E-state index in [4.69, 9.17) is 0 Å². The van der Waals surface area contributed by atoms with E-state index in [0.29, 0.717) is 5.92 Å². The van der Waals surface area contributed by atoms with Crippen LogP contribution >= 0.6 is 0 Å². The molecular weight excluding hydrogens is 250 g/mol. The van der Waals surface area contributed by atoms with Gasteiger partial charge in [-0.1, -0.05) is 44.2 Å². The molecule has 0 aromatic heterocycles. The molecule has 0 radical (unpaired) electrons. The Morgan fingerprint density at radius 2 is 1.90 bits per heavy atom. The summed E-state index contributed by atoms with van der Waals surface area (Å²) < 4.78 is 0. The molecule has 1 aromatic carbocycles. The maximum absolute atomic E-state index is 11.4. The van der Waals surface area contributed by atoms with Gasteiger partial charge < -0.3 is 10.0 Å². The van der Waals surface area contributed by atoms with Crippen LogP contribution in [0.3, 0.4) is 0 Å². The molecule has 2 rings (SSSR count). The molecule has 1 unspecified atom stereocenters. The summed E-state index contributed by atoms with van der Waals surface area (Å²) in [6.07, 6.45) is 2.30. The summed E-state index contributed by atoms with van der Waals surface area (Å²) in [6.45, 7) is 7.06. The zero-order valence-electron chi connectivity index (χ0n) is 12.5. The minimum atomic E-state index is -0.615. The van der Waals surface area contributed by atoms with Gasteiger partial charge in [-0.25, -0.2) is 0 Å². The summed E-state index contributed by atoms with van der Waals surface area (Å²) in [5.41, 5.74) is 0.880. The van der Waals surface area contributed by atoms with E-state index >= 15 is 0 Å². The van der Waals surface area contributed by atoms with Crippen molar-refractivity contribution < 1.29 is 9.90 Å². The fourth-order valence-corrected chi connectivity index (χ4v) is 3.16. The monoisotopic (exact) mass is 275 g/mol. The van der Waals surface area contributed by atoms with Crippen molar-refractivity contribution in [3.8, 4) is 0 Å². The fourth-order valence-electron chi connectivity index (χ4n) is 3.16. The topological polar surface area (TPSA) is 40.5 Å². The molecule has 1 atom stereocenters. The second kappa shape index (κ2) is 6.40. The fraction of sp³-hybridized carbons (Fsp3) is 0.588. The summed E-state index contributed by atoms with van der Waals surface area (Å²) in [6, 6.07) is 10.5. The minimum Gasteiger partial charge on any atom is -0.481 e. The second-order valence-electron chi connectivity index (χ2n) is 6.05. The second-order valence-corrected chi connectivity index (χ2v) is 6.05. The molecule has 0 amide bonds. The van der Waals surface area contributed by atoms with Gasteiger partial charge in [0.1, 0.15) is 0 Å². The molecule has 20 heavy (non-hydrogen) atoms. The first-order valence-electron chi connectivity index (χ1n) is 7.58. The molecule has 0 aliphatic carbocycles. The molecule has 1 saturated heterocycles. The predicted molar refractivity (Wildman–Crippen MR) is 80.9 cm³/mol. The molecule has 1 aliphatic heterocycles. The molecule has 3 nitrogen and oxygen atoms in total. The summed E-state index contributed by atoms with van der Waals surface area (Å²) in [7, 11) is 0. The first-order chi connectivity index (χ1) is 9.57. The highest BCUT2D eigenvalue weighted by molar-refractivity contribution is 5.74. The number of carboxylic acids is 1. The van der Waals surface area contributed by atoms with Crippen LogP contribution in [0, 0.1) is 5.41 Å². The zero-order chi connectivity index (χ0) is 14.6. The van der Waals surface area contributed by atoms with Crippen LogP contribution in [0.1, 0.15) is 44.6 Å². The van der Waals surface area contributed by atoms with Gasteiger partial charge in [-0.15, -0.1) is 0 Å². The molecule has 3 heteroatoms. The Morgan fingerprint density at radius 1 is 1.30 bits per heavy atom. The van der Waals surface area contributed by atoms with Gasteiger partial charge in [0.2, 0.25) is 0 Å². The van der Waals surface area contributed by atoms with Crippen molar-refractivity contribution in [2.75, 3.05) is 19.6 Å². The Labute approximate surface area is 121 Å². The Kier molecular flexibility index (Phi) is 4.81. The Hall–Kier alpha value is -1.35. The lowest BCUT2D eigenvalue weighted by Crippen LogP contribution is -2.45. The van der Waals surface area contributed by atoms with Crippen molar-refractivity contribution in [1.82, 2.24) is 4.90 Å². The molecule has 0 spiro atoms. The van der Waals surface area contributed by atoms with Crippen molar-refractivity contribution in [3.63, 3.8) is 0 Å². The first kappa shape index (κ1) is 15.0. The van der Waals surface area contributed by atoms with E-state index in [1.165, 1.54) is 5.56 Å². The zero-order valence-corrected chi connectivity index (χ0v) is 12.5. The van der Waals surface area contributed by atoms with Crippen molar-refractivity contribution in [2.24, 2.45) is 5.41 Å². The van der Waals surface area contributed by atoms with Crippen molar-refractivity contribution in [3.05, 3.63) is 35.9 Å². The number of likely N-dealkylation sites (tertiary alicyclic amines) is 1. The molecule has 110 valence electrons. The number of nitrogens with zero attached hydrogens (tertiary/aromatic N) is 1. The SMILES string of the molecule is CCC1(C(=O)O)CCN(CC(C)c2ccccc2)CC1. The minimum absolute atomic E-state index is 0.480. The number of carboxylic acid groups (broad SMARTS) is 1. The van der Waals surface area contributed by atoms with Crippen molar-refractivity contribution in [1.29, 1.82) is 0 Å². The van der Waals surface area contributed by atoms with Crippen LogP contribution in [0.5, 0.6) is 0 Å². The Balaban J connectivity index is 1.90. The number of carbonyl (C=O) groups is 1. The van der Waals surface area contributed by atoms with Crippen LogP contribution in [0.25, 0.3) is 0 Å². The van der Waals surface area contributed by atoms with Crippen LogP contribution in [-0.2, 0) is 4.79 Å². The van der Waals surface area contributed by atoms with Gasteiger partial charge >= 0.3 is 5.97 Å². The molecule has 0 bridgehead atoms. The highest BCUT2D eigenvalue weighted by Crippen LogP contribution is 2.35. The van der Waals surface area contributed by atoms with Crippen LogP contribution in [0.15, 0.2) is 30.3 Å². The summed E-state index contributed by atoms with van der Waals surface area (Å²) >= 11 is 0. The van der Waals surface area contributed by atoms with Gasteiger partial charge in [0.25, 0.3) is 0 Å². The van der Waals surface area contributed by atoms with Gasteiger partial charge in [0.15, 0.2) is 0 Å². The number of aliphatic carboxylic acids is 1. The van der Waals surface area contributed by atoms with E-state index in [1.807, 2.05) is 13.0 Å². The van der Waals surface area contributed by atoms with Crippen LogP contribution in [0.2, 0.25) is 0 Å². The quantitative estimate of drug-likeness (QED) is 0.895. The summed E-state index contributed by atoms with van der Waals surface area (Å²) in [4.78, 5) is 13.9. The number of piperidine rings is 1. The maximum atomic E-state index is 11.4. The average Bonchev–Trinajstić information content (AvgIpc) is 2.49. The highest BCUT2D eigenvalue weighted by Gasteiger charge is 2.39. The van der Waals surface area contributed by atoms with Crippen LogP contribution in [0.4, 0.5) is 0 Å². The van der Waals surface area contributed by atoms with Crippen molar-refractivity contribution in [2.45, 2.75) is 39.0 Å². The largest absolute Gasteiger partial charge is 0.481 e. The first-order valence-corrected chi connectivity index (χ1v) is 7.58. The lowest BCUT2D eigenvalue weighted by atomic mass is 9.76. The number of rotatable bonds is 5. The Bertz CT molecular complexity index is 436. The highest BCUT2D eigenvalue weighted by atomic mass is 16.4. The number of hydrogen-bond donors (Lipinski definition) is 1. The molecular formula is C17H25NO2. The normalized spacial score (nSPS) is 20.5. The van der Waals surface area contributed by atoms with Gasteiger partial charge in [0.05, 0.1) is 5.41 Å². The summed E-state index contributed by atoms with van der Waals surface area (Å²) in [5.74, 6) is -0.120. The van der Waals surface area contributed by atoms with E-state index in [9.17, 15) is 9.90 Å². The summed E-state index contributed by atoms with van der Waals surface area (Å²) in [5, 5.41) is 9.42. The van der Waals surface area contributed by atoms with E-state index in [0.717, 1.165) is 38.9 Å². The van der Waals surface area contributed by atoms with E-state index in [2.05, 4.69) is 36.1 Å². The van der Waals surface area contributed by atoms with Gasteiger partial charge in [-0.05, 0) is 43.8 Å². The molecule has 1 aliphatic rings. The number of hydrogen-bond acceptors (Lipinski definition) is 2. The lowest BCUT2D eigenvalue weighted by Gasteiger charge is -2.39. The van der Waals surface area contributed by atoms with Crippen molar-refractivity contribution >= 4 is 5.97 Å². The van der Waals surface area contributed by atoms with E-state index < -0.39 is 11.4 Å². The van der Waals surface area contributed by atoms with Crippen LogP contribution < -0.4 is 0 Å². The maximum Gasteiger partial charge on any atom is 0.309 e. The van der Waals surface area contributed by atoms with E-state index in [-0.39, 0.29) is 0 Å². The molecule has 1 N–H and O–H groups in total. The smallest absolute Gasteiger partial charge is 0.309 e. The van der Waals surface area contributed by atoms with Gasteiger partial charge in [0, 0.05) is 6.54 Å². The third kappa shape index (κ3) is 3.21. The Morgan fingerprint density at radius 3 is 2.40 bits per heavy atom. The molecule has 1 aromatic rings. The third-order valence-corrected chi connectivity index (χ3v) is 4.84.